The van der Waals surface area contributed by atoms with Crippen molar-refractivity contribution in [1.29, 1.82) is 0 Å². The van der Waals surface area contributed by atoms with Crippen LogP contribution in [0.2, 0.25) is 0 Å². The summed E-state index contributed by atoms with van der Waals surface area (Å²) >= 11 is 0. The van der Waals surface area contributed by atoms with Crippen LogP contribution in [0.15, 0.2) is 67.3 Å². The number of pyridine rings is 1. The minimum Gasteiger partial charge on any atom is -0.394 e. The second kappa shape index (κ2) is 13.9. The monoisotopic (exact) mass is 495 g/mol. The zero-order chi connectivity index (χ0) is 23.8. The summed E-state index contributed by atoms with van der Waals surface area (Å²) in [5.41, 5.74) is 4.28. The van der Waals surface area contributed by atoms with Gasteiger partial charge in [0.1, 0.15) is 5.95 Å². The summed E-state index contributed by atoms with van der Waals surface area (Å²) in [4.78, 5) is 15.0. The molecule has 0 saturated carbocycles. The molecule has 0 bridgehead atoms. The van der Waals surface area contributed by atoms with E-state index in [1.165, 1.54) is 5.56 Å². The topological polar surface area (TPSA) is 89.2 Å². The maximum Gasteiger partial charge on any atom is 1.00 e. The van der Waals surface area contributed by atoms with Crippen molar-refractivity contribution in [2.45, 2.75) is 19.4 Å². The molecule has 0 amide bonds. The maximum atomic E-state index is 9.67. The Labute approximate surface area is 248 Å². The first-order valence-corrected chi connectivity index (χ1v) is 11.2. The van der Waals surface area contributed by atoms with E-state index >= 15 is 0 Å². The molecule has 0 aliphatic carbocycles. The third-order valence-corrected chi connectivity index (χ3v) is 5.38. The Morgan fingerprint density at radius 3 is 2.60 bits per heavy atom. The predicted octanol–water partition coefficient (Wildman–Crippen LogP) is 0.482. The van der Waals surface area contributed by atoms with E-state index in [0.717, 1.165) is 24.3 Å². The number of nitrogens with zero attached hydrogens (tertiary/aromatic N) is 6. The number of aliphatic hydroxyl groups excluding tert-OH is 1. The Hall–Kier alpha value is -1.98. The standard InChI is InChI=1S/C18H18N5O2.C8H10N.K/c24-13-15-12-19-18(22-7-9-25-10-8-22)21-17(15)14-3-1-4-16(11-14)23-6-2-5-20-23;1-7(2)8-4-3-5-9-6-8;/h1-6,11,24H,7-10,13H2;3-7H,1H2,2H3;/q2*-1;+1. The Morgan fingerprint density at radius 2 is 1.97 bits per heavy atom. The number of benzene rings is 1. The molecule has 1 aliphatic heterocycles. The van der Waals surface area contributed by atoms with Gasteiger partial charge in [0.15, 0.2) is 0 Å². The molecule has 1 N–H and O–H groups in total. The van der Waals surface area contributed by atoms with Crippen molar-refractivity contribution in [2.24, 2.45) is 0 Å². The first-order valence-electron chi connectivity index (χ1n) is 11.2. The number of rotatable bonds is 5. The molecule has 1 aliphatic rings. The van der Waals surface area contributed by atoms with Crippen LogP contribution in [0.3, 0.4) is 0 Å². The van der Waals surface area contributed by atoms with E-state index in [4.69, 9.17) is 9.72 Å². The smallest absolute Gasteiger partial charge is 0.394 e. The number of hydrogen-bond acceptors (Lipinski definition) is 7. The number of aliphatic hydroxyl groups is 1. The van der Waals surface area contributed by atoms with Crippen LogP contribution in [0.25, 0.3) is 16.9 Å². The molecular formula is C26H28KN6O2-. The van der Waals surface area contributed by atoms with Crippen LogP contribution >= 0.6 is 0 Å². The van der Waals surface area contributed by atoms with Gasteiger partial charge in [-0.3, -0.25) is 4.98 Å². The Kier molecular flexibility index (Phi) is 11.0. The van der Waals surface area contributed by atoms with Gasteiger partial charge in [0.2, 0.25) is 0 Å². The van der Waals surface area contributed by atoms with E-state index in [9.17, 15) is 5.11 Å². The summed E-state index contributed by atoms with van der Waals surface area (Å²) in [5.74, 6) is 0.957. The fraction of sp³-hybridized carbons (Fsp3) is 0.269. The van der Waals surface area contributed by atoms with Crippen LogP contribution in [-0.4, -0.2) is 56.1 Å². The van der Waals surface area contributed by atoms with Gasteiger partial charge in [-0.15, -0.1) is 5.92 Å². The van der Waals surface area contributed by atoms with Gasteiger partial charge in [0.25, 0.3) is 0 Å². The number of ether oxygens (including phenoxy) is 1. The Balaban J connectivity index is 0.000000291. The van der Waals surface area contributed by atoms with Gasteiger partial charge in [0, 0.05) is 44.5 Å². The van der Waals surface area contributed by atoms with Gasteiger partial charge in [-0.25, -0.2) is 4.68 Å². The molecule has 176 valence electrons. The van der Waals surface area contributed by atoms with Crippen LogP contribution in [0, 0.1) is 13.1 Å². The molecule has 0 spiro atoms. The molecular weight excluding hydrogens is 467 g/mol. The molecule has 1 atom stereocenters. The zero-order valence-electron chi connectivity index (χ0n) is 20.2. The normalized spacial score (nSPS) is 13.9. The number of hydrogen-bond donors (Lipinski definition) is 1. The summed E-state index contributed by atoms with van der Waals surface area (Å²) < 4.78 is 7.17. The van der Waals surface area contributed by atoms with Crippen molar-refractivity contribution in [3.05, 3.63) is 91.5 Å². The zero-order valence-corrected chi connectivity index (χ0v) is 23.3. The molecule has 5 rings (SSSR count). The molecule has 4 heterocycles. The maximum absolute atomic E-state index is 9.67. The van der Waals surface area contributed by atoms with Crippen LogP contribution in [0.5, 0.6) is 0 Å². The van der Waals surface area contributed by atoms with E-state index in [-0.39, 0.29) is 58.0 Å². The van der Waals surface area contributed by atoms with Crippen LogP contribution < -0.4 is 56.3 Å². The van der Waals surface area contributed by atoms with Gasteiger partial charge < -0.3 is 31.6 Å². The molecule has 1 unspecified atom stereocenters. The van der Waals surface area contributed by atoms with E-state index in [0.29, 0.717) is 36.3 Å². The van der Waals surface area contributed by atoms with Gasteiger partial charge in [-0.2, -0.15) is 5.10 Å². The first-order chi connectivity index (χ1) is 16.7. The summed E-state index contributed by atoms with van der Waals surface area (Å²) in [7, 11) is 0. The third-order valence-electron chi connectivity index (χ3n) is 5.38. The molecule has 4 aromatic rings. The Morgan fingerprint density at radius 1 is 1.14 bits per heavy atom. The molecule has 1 fully saturated rings. The van der Waals surface area contributed by atoms with Crippen molar-refractivity contribution in [3.63, 3.8) is 0 Å². The first kappa shape index (κ1) is 27.6. The van der Waals surface area contributed by atoms with E-state index in [1.54, 1.807) is 17.1 Å². The van der Waals surface area contributed by atoms with Crippen LogP contribution in [-0.2, 0) is 11.3 Å². The summed E-state index contributed by atoms with van der Waals surface area (Å²) in [6.45, 7) is 8.58. The third kappa shape index (κ3) is 7.50. The molecule has 1 saturated heterocycles. The SMILES string of the molecule is OCc1[c-]nc(N2CCOCC2)nc1-c1cccc(-n2cccn2)c1.[CH2-]C(C)c1cccnc1.[K+]. The van der Waals surface area contributed by atoms with Crippen molar-refractivity contribution >= 4 is 5.95 Å². The predicted molar refractivity (Wildman–Crippen MR) is 130 cm³/mol. The van der Waals surface area contributed by atoms with Crippen LogP contribution in [0.1, 0.15) is 24.0 Å². The molecule has 0 radical (unpaired) electrons. The van der Waals surface area contributed by atoms with Gasteiger partial charge in [0.05, 0.1) is 18.9 Å². The second-order valence-electron chi connectivity index (χ2n) is 7.91. The number of morpholine rings is 1. The van der Waals surface area contributed by atoms with Gasteiger partial charge in [-0.05, 0) is 30.0 Å². The van der Waals surface area contributed by atoms with Crippen molar-refractivity contribution in [2.75, 3.05) is 31.2 Å². The van der Waals surface area contributed by atoms with Crippen LogP contribution in [0.4, 0.5) is 5.95 Å². The summed E-state index contributed by atoms with van der Waals surface area (Å²) in [6.07, 6.45) is 10.2. The van der Waals surface area contributed by atoms with E-state index in [2.05, 4.69) is 40.0 Å². The fourth-order valence-electron chi connectivity index (χ4n) is 3.50. The summed E-state index contributed by atoms with van der Waals surface area (Å²) in [6, 6.07) is 13.7. The van der Waals surface area contributed by atoms with Crippen molar-refractivity contribution in [3.8, 4) is 16.9 Å². The number of anilines is 1. The summed E-state index contributed by atoms with van der Waals surface area (Å²) in [5, 5.41) is 13.9. The minimum atomic E-state index is -0.162. The average Bonchev–Trinajstić information content (AvgIpc) is 3.45. The fourth-order valence-corrected chi connectivity index (χ4v) is 3.50. The van der Waals surface area contributed by atoms with E-state index < -0.39 is 0 Å². The Bertz CT molecular complexity index is 1170. The number of aromatic nitrogens is 5. The minimum absolute atomic E-state index is 0. The van der Waals surface area contributed by atoms with E-state index in [1.807, 2.05) is 54.9 Å². The van der Waals surface area contributed by atoms with Gasteiger partial charge >= 0.3 is 51.4 Å². The molecule has 3 aromatic heterocycles. The van der Waals surface area contributed by atoms with Crippen molar-refractivity contribution in [1.82, 2.24) is 24.7 Å². The van der Waals surface area contributed by atoms with Gasteiger partial charge in [-0.1, -0.05) is 48.0 Å². The quantitative estimate of drug-likeness (QED) is 0.318. The molecule has 8 nitrogen and oxygen atoms in total. The largest absolute Gasteiger partial charge is 1.00 e. The molecule has 1 aromatic carbocycles. The second-order valence-corrected chi connectivity index (χ2v) is 7.91. The molecule has 9 heteroatoms. The average molecular weight is 496 g/mol. The molecule has 35 heavy (non-hydrogen) atoms. The van der Waals surface area contributed by atoms with Crippen molar-refractivity contribution < 1.29 is 61.2 Å².